The fourth-order valence-electron chi connectivity index (χ4n) is 0. The van der Waals surface area contributed by atoms with E-state index in [1.165, 1.54) is 0 Å². The van der Waals surface area contributed by atoms with E-state index in [9.17, 15) is 0 Å². The molecule has 0 bridgehead atoms. The summed E-state index contributed by atoms with van der Waals surface area (Å²) in [6.07, 6.45) is 0.750. The zero-order valence-electron chi connectivity index (χ0n) is 3.91. The molecule has 0 aliphatic heterocycles. The maximum Gasteiger partial charge on any atom is 0.231 e. The molecule has 0 unspecified atom stereocenters. The summed E-state index contributed by atoms with van der Waals surface area (Å²) >= 11 is 0. The molecule has 6 heavy (non-hydrogen) atoms. The van der Waals surface area contributed by atoms with E-state index in [1.807, 2.05) is 14.1 Å². The zero-order valence-corrected chi connectivity index (χ0v) is 3.91. The van der Waals surface area contributed by atoms with Gasteiger partial charge in [-0.05, 0) is 14.1 Å². The number of rotatable bonds is 0. The smallest absolute Gasteiger partial charge is 0.231 e. The van der Waals surface area contributed by atoms with Crippen molar-refractivity contribution in [2.24, 2.45) is 0 Å². The van der Waals surface area contributed by atoms with Crippen molar-refractivity contribution in [1.82, 2.24) is 5.32 Å². The van der Waals surface area contributed by atoms with Gasteiger partial charge in [0.25, 0.3) is 0 Å². The molecule has 3 heteroatoms. The second kappa shape index (κ2) is 27.0. The first-order valence-electron chi connectivity index (χ1n) is 1.45. The monoisotopic (exact) mass is 88.1 g/mol. The lowest BCUT2D eigenvalue weighted by Crippen LogP contribution is -1.89. The summed E-state index contributed by atoms with van der Waals surface area (Å²) in [5, 5.41) is 8.15. The molecule has 0 spiro atoms. The summed E-state index contributed by atoms with van der Waals surface area (Å²) in [6, 6.07) is 0. The van der Waals surface area contributed by atoms with Crippen LogP contribution in [-0.4, -0.2) is 20.2 Å². The van der Waals surface area contributed by atoms with E-state index >= 15 is 0 Å². The highest BCUT2D eigenvalue weighted by molar-refractivity contribution is 5.26. The molecule has 36 valence electrons. The Morgan fingerprint density at radius 2 is 1.67 bits per heavy atom. The highest BCUT2D eigenvalue weighted by Crippen LogP contribution is 0.981. The average molecular weight is 88.1 g/mol. The van der Waals surface area contributed by atoms with Gasteiger partial charge in [-0.15, -0.1) is 0 Å². The van der Waals surface area contributed by atoms with Crippen molar-refractivity contribution in [3.63, 3.8) is 0 Å². The Kier molecular flexibility index (Phi) is 40.5. The normalized spacial score (nSPS) is 4.33. The van der Waals surface area contributed by atoms with Crippen molar-refractivity contribution in [2.75, 3.05) is 14.1 Å². The molecule has 0 rings (SSSR count). The van der Waals surface area contributed by atoms with Gasteiger partial charge < -0.3 is 5.32 Å². The third-order valence-corrected chi connectivity index (χ3v) is 0. The molecule has 0 aromatic rings. The van der Waals surface area contributed by atoms with Crippen LogP contribution in [0.3, 0.4) is 0 Å². The molecule has 0 radical (unpaired) electrons. The molecule has 0 heterocycles. The van der Waals surface area contributed by atoms with Crippen LogP contribution in [0.4, 0.5) is 0 Å². The molecule has 0 aromatic heterocycles. The van der Waals surface area contributed by atoms with E-state index in [4.69, 9.17) is 10.2 Å². The Balaban J connectivity index is 0. The first-order valence-corrected chi connectivity index (χ1v) is 1.45. The summed E-state index contributed by atoms with van der Waals surface area (Å²) in [6.45, 7) is 0. The number of carbonyl (C=O) groups excluding carboxylic acids is 1. The molecule has 0 amide bonds. The average Bonchev–Trinajstić information content (AvgIpc) is 1.39. The number of hydrogen-bond donors (Lipinski definition) is 2. The maximum atomic E-state index is 8.35. The van der Waals surface area contributed by atoms with Gasteiger partial charge in [0.2, 0.25) is 6.08 Å². The molecule has 0 aliphatic rings. The minimum absolute atomic E-state index is 0.750. The van der Waals surface area contributed by atoms with Crippen molar-refractivity contribution in [2.45, 2.75) is 0 Å². The van der Waals surface area contributed by atoms with Gasteiger partial charge in [-0.3, -0.25) is 0 Å². The summed E-state index contributed by atoms with van der Waals surface area (Å²) in [7, 11) is 3.75. The van der Waals surface area contributed by atoms with Crippen LogP contribution < -0.4 is 5.32 Å². The predicted molar refractivity (Wildman–Crippen MR) is 23.4 cm³/mol. The van der Waals surface area contributed by atoms with Crippen LogP contribution in [0.1, 0.15) is 0 Å². The molecule has 3 nitrogen and oxygen atoms in total. The second-order valence-electron chi connectivity index (χ2n) is 0.602. The maximum absolute atomic E-state index is 8.35. The SMILES string of the molecule is CNC.N=C=O. The number of hydrogen-bond acceptors (Lipinski definition) is 3. The molecule has 0 aliphatic carbocycles. The van der Waals surface area contributed by atoms with Gasteiger partial charge >= 0.3 is 0 Å². The predicted octanol–water partition coefficient (Wildman–Crippen LogP) is -0.263. The van der Waals surface area contributed by atoms with Crippen LogP contribution in [0, 0.1) is 5.41 Å². The van der Waals surface area contributed by atoms with Crippen LogP contribution in [0.15, 0.2) is 0 Å². The molecular weight excluding hydrogens is 80.0 g/mol. The van der Waals surface area contributed by atoms with Gasteiger partial charge in [-0.25, -0.2) is 10.2 Å². The van der Waals surface area contributed by atoms with Crippen LogP contribution in [0.25, 0.3) is 0 Å². The van der Waals surface area contributed by atoms with Crippen LogP contribution in [-0.2, 0) is 4.79 Å². The van der Waals surface area contributed by atoms with Crippen LogP contribution in [0.2, 0.25) is 0 Å². The molecule has 2 N–H and O–H groups in total. The Morgan fingerprint density at radius 3 is 1.67 bits per heavy atom. The number of nitrogens with one attached hydrogen (secondary N) is 2. The van der Waals surface area contributed by atoms with Gasteiger partial charge in [-0.2, -0.15) is 0 Å². The van der Waals surface area contributed by atoms with E-state index in [0.717, 1.165) is 6.08 Å². The van der Waals surface area contributed by atoms with E-state index in [2.05, 4.69) is 5.32 Å². The fraction of sp³-hybridized carbons (Fsp3) is 0.667. The molecule has 0 atom stereocenters. The van der Waals surface area contributed by atoms with Crippen molar-refractivity contribution in [1.29, 1.82) is 5.41 Å². The summed E-state index contributed by atoms with van der Waals surface area (Å²) < 4.78 is 0. The van der Waals surface area contributed by atoms with Gasteiger partial charge in [0, 0.05) is 0 Å². The van der Waals surface area contributed by atoms with Crippen LogP contribution in [0.5, 0.6) is 0 Å². The number of isocyanates is 1. The minimum atomic E-state index is 0.750. The highest BCUT2D eigenvalue weighted by Gasteiger charge is 1.25. The lowest BCUT2D eigenvalue weighted by atomic mass is 11.3. The third-order valence-electron chi connectivity index (χ3n) is 0. The van der Waals surface area contributed by atoms with E-state index in [-0.39, 0.29) is 0 Å². The van der Waals surface area contributed by atoms with Crippen molar-refractivity contribution in [3.8, 4) is 0 Å². The van der Waals surface area contributed by atoms with Gasteiger partial charge in [-0.1, -0.05) is 0 Å². The third kappa shape index (κ3) is 42.0. The van der Waals surface area contributed by atoms with Gasteiger partial charge in [0.05, 0.1) is 0 Å². The van der Waals surface area contributed by atoms with Crippen molar-refractivity contribution in [3.05, 3.63) is 0 Å². The van der Waals surface area contributed by atoms with E-state index < -0.39 is 0 Å². The molecule has 0 fully saturated rings. The standard InChI is InChI=1S/C2H7N.CHNO/c1-3-2;2-1-3/h3H,1-2H3;2H. The van der Waals surface area contributed by atoms with Crippen molar-refractivity contribution >= 4 is 6.08 Å². The Bertz CT molecular complexity index is 38.1. The highest BCUT2D eigenvalue weighted by atomic mass is 16.1. The van der Waals surface area contributed by atoms with Gasteiger partial charge in [0.15, 0.2) is 0 Å². The fourth-order valence-corrected chi connectivity index (χ4v) is 0. The molecule has 0 saturated heterocycles. The topological polar surface area (TPSA) is 53.0 Å². The second-order valence-corrected chi connectivity index (χ2v) is 0.602. The van der Waals surface area contributed by atoms with E-state index in [1.54, 1.807) is 0 Å². The summed E-state index contributed by atoms with van der Waals surface area (Å²) in [5.41, 5.74) is 0. The summed E-state index contributed by atoms with van der Waals surface area (Å²) in [5.74, 6) is 0. The zero-order chi connectivity index (χ0) is 5.41. The minimum Gasteiger partial charge on any atom is -0.323 e. The first-order chi connectivity index (χ1) is 2.83. The Morgan fingerprint density at radius 1 is 1.67 bits per heavy atom. The molecule has 0 aromatic carbocycles. The molecular formula is C3H8N2O. The molecule has 0 saturated carbocycles. The van der Waals surface area contributed by atoms with Crippen LogP contribution >= 0.6 is 0 Å². The Hall–Kier alpha value is -0.660. The van der Waals surface area contributed by atoms with E-state index in [0.29, 0.717) is 0 Å². The largest absolute Gasteiger partial charge is 0.323 e. The lowest BCUT2D eigenvalue weighted by Gasteiger charge is -1.59. The Labute approximate surface area is 36.9 Å². The van der Waals surface area contributed by atoms with Gasteiger partial charge in [0.1, 0.15) is 0 Å². The summed E-state index contributed by atoms with van der Waals surface area (Å²) in [4.78, 5) is 8.35. The first kappa shape index (κ1) is 9.02. The quantitative estimate of drug-likeness (QED) is 0.316. The van der Waals surface area contributed by atoms with Crippen molar-refractivity contribution < 1.29 is 4.79 Å². The lowest BCUT2D eigenvalue weighted by molar-refractivity contribution is 0.563.